The maximum atomic E-state index is 14.6. The molecule has 152 valence electrons. The van der Waals surface area contributed by atoms with E-state index in [1.54, 1.807) is 0 Å². The monoisotopic (exact) mass is 409 g/mol. The first-order valence-corrected chi connectivity index (χ1v) is 8.06. The van der Waals surface area contributed by atoms with Gasteiger partial charge in [0.15, 0.2) is 23.9 Å². The Kier molecular flexibility index (Phi) is 7.08. The fourth-order valence-corrected chi connectivity index (χ4v) is 2.25. The SMILES string of the molecule is C/N=C(/N)O[C@H](CF)[C@H](F)c1cc(NC(=O)c2ccc(C#N)cn2)cc(F)c1F. The number of alkyl halides is 2. The van der Waals surface area contributed by atoms with Crippen molar-refractivity contribution in [2.75, 3.05) is 19.0 Å². The van der Waals surface area contributed by atoms with Crippen LogP contribution < -0.4 is 11.1 Å². The van der Waals surface area contributed by atoms with Crippen molar-refractivity contribution in [1.82, 2.24) is 4.98 Å². The summed E-state index contributed by atoms with van der Waals surface area (Å²) < 4.78 is 60.5. The minimum Gasteiger partial charge on any atom is -0.456 e. The van der Waals surface area contributed by atoms with Gasteiger partial charge in [0.05, 0.1) is 5.56 Å². The van der Waals surface area contributed by atoms with Crippen molar-refractivity contribution in [3.05, 3.63) is 58.9 Å². The lowest BCUT2D eigenvalue weighted by Crippen LogP contribution is -2.30. The fourth-order valence-electron chi connectivity index (χ4n) is 2.25. The molecule has 2 atom stereocenters. The van der Waals surface area contributed by atoms with Gasteiger partial charge in [-0.25, -0.2) is 27.5 Å². The predicted octanol–water partition coefficient (Wildman–Crippen LogP) is 2.79. The zero-order chi connectivity index (χ0) is 21.6. The maximum absolute atomic E-state index is 14.6. The molecule has 0 unspecified atom stereocenters. The van der Waals surface area contributed by atoms with Crippen molar-refractivity contribution < 1.29 is 27.1 Å². The number of pyridine rings is 1. The van der Waals surface area contributed by atoms with Gasteiger partial charge in [0.25, 0.3) is 11.9 Å². The summed E-state index contributed by atoms with van der Waals surface area (Å²) in [6.45, 7) is -1.40. The van der Waals surface area contributed by atoms with E-state index >= 15 is 0 Å². The molecule has 1 amide bonds. The lowest BCUT2D eigenvalue weighted by Gasteiger charge is -2.20. The van der Waals surface area contributed by atoms with E-state index in [-0.39, 0.29) is 16.9 Å². The number of nitrogens with one attached hydrogen (secondary N) is 1. The number of aliphatic imine (C=N–C) groups is 1. The van der Waals surface area contributed by atoms with Gasteiger partial charge in [-0.2, -0.15) is 5.26 Å². The number of hydrogen-bond acceptors (Lipinski definition) is 5. The highest BCUT2D eigenvalue weighted by atomic mass is 19.2. The van der Waals surface area contributed by atoms with E-state index in [1.165, 1.54) is 19.2 Å². The number of aromatic nitrogens is 1. The number of carbonyl (C=O) groups excluding carboxylic acids is 1. The molecule has 0 aliphatic carbocycles. The molecule has 1 aromatic heterocycles. The number of nitrogens with two attached hydrogens (primary N) is 1. The zero-order valence-corrected chi connectivity index (χ0v) is 15.0. The van der Waals surface area contributed by atoms with Gasteiger partial charge in [0.2, 0.25) is 0 Å². The van der Waals surface area contributed by atoms with Gasteiger partial charge in [-0.05, 0) is 18.2 Å². The summed E-state index contributed by atoms with van der Waals surface area (Å²) in [5.74, 6) is -3.86. The highest BCUT2D eigenvalue weighted by Gasteiger charge is 2.30. The summed E-state index contributed by atoms with van der Waals surface area (Å²) in [4.78, 5) is 19.3. The smallest absolute Gasteiger partial charge is 0.282 e. The van der Waals surface area contributed by atoms with E-state index in [4.69, 9.17) is 15.7 Å². The summed E-state index contributed by atoms with van der Waals surface area (Å²) >= 11 is 0. The quantitative estimate of drug-likeness (QED) is 0.433. The fraction of sp³-hybridized carbons (Fsp3) is 0.222. The summed E-state index contributed by atoms with van der Waals surface area (Å²) in [5.41, 5.74) is 4.17. The number of nitriles is 1. The molecule has 7 nitrogen and oxygen atoms in total. The first-order chi connectivity index (χ1) is 13.8. The first kappa shape index (κ1) is 21.6. The number of hydrogen-bond donors (Lipinski definition) is 2. The van der Waals surface area contributed by atoms with Crippen molar-refractivity contribution in [3.8, 4) is 6.07 Å². The van der Waals surface area contributed by atoms with E-state index in [2.05, 4.69) is 15.3 Å². The van der Waals surface area contributed by atoms with Crippen LogP contribution in [0.1, 0.15) is 27.8 Å². The molecule has 0 spiro atoms. The molecule has 1 aromatic carbocycles. The Hall–Kier alpha value is -3.68. The van der Waals surface area contributed by atoms with Crippen molar-refractivity contribution in [2.24, 2.45) is 10.7 Å². The molecule has 3 N–H and O–H groups in total. The molecule has 0 radical (unpaired) electrons. The van der Waals surface area contributed by atoms with E-state index in [0.717, 1.165) is 12.3 Å². The Bertz CT molecular complexity index is 960. The largest absolute Gasteiger partial charge is 0.456 e. The molecule has 0 saturated carbocycles. The van der Waals surface area contributed by atoms with E-state index in [1.807, 2.05) is 6.07 Å². The Morgan fingerprint density at radius 2 is 2.14 bits per heavy atom. The van der Waals surface area contributed by atoms with Gasteiger partial charge in [-0.1, -0.05) is 0 Å². The molecule has 0 fully saturated rings. The summed E-state index contributed by atoms with van der Waals surface area (Å²) in [6.07, 6.45) is -3.18. The summed E-state index contributed by atoms with van der Waals surface area (Å²) in [7, 11) is 1.21. The van der Waals surface area contributed by atoms with Crippen LogP contribution in [-0.4, -0.2) is 36.7 Å². The molecular formula is C18H15F4N5O2. The lowest BCUT2D eigenvalue weighted by molar-refractivity contribution is 0.0629. The number of benzene rings is 1. The first-order valence-electron chi connectivity index (χ1n) is 8.06. The summed E-state index contributed by atoms with van der Waals surface area (Å²) in [6, 6.07) is 5.29. The number of rotatable bonds is 6. The lowest BCUT2D eigenvalue weighted by atomic mass is 10.0. The van der Waals surface area contributed by atoms with Gasteiger partial charge >= 0.3 is 0 Å². The number of ether oxygens (including phenoxy) is 1. The molecule has 11 heteroatoms. The normalized spacial score (nSPS) is 13.3. The van der Waals surface area contributed by atoms with Crippen molar-refractivity contribution in [3.63, 3.8) is 0 Å². The third kappa shape index (κ3) is 5.19. The van der Waals surface area contributed by atoms with Crippen LogP contribution in [0.3, 0.4) is 0 Å². The van der Waals surface area contributed by atoms with Crippen LogP contribution in [-0.2, 0) is 4.74 Å². The molecule has 1 heterocycles. The second-order valence-corrected chi connectivity index (χ2v) is 5.63. The van der Waals surface area contributed by atoms with Gasteiger partial charge < -0.3 is 15.8 Å². The number of nitrogens with zero attached hydrogens (tertiary/aromatic N) is 3. The van der Waals surface area contributed by atoms with Gasteiger partial charge in [-0.15, -0.1) is 0 Å². The molecule has 0 aliphatic rings. The Balaban J connectivity index is 2.30. The second kappa shape index (κ2) is 9.50. The van der Waals surface area contributed by atoms with Gasteiger partial charge in [0, 0.05) is 30.6 Å². The molecular weight excluding hydrogens is 394 g/mol. The van der Waals surface area contributed by atoms with Crippen LogP contribution in [0.5, 0.6) is 0 Å². The van der Waals surface area contributed by atoms with Crippen LogP contribution in [0.4, 0.5) is 23.2 Å². The van der Waals surface area contributed by atoms with Gasteiger partial charge in [0.1, 0.15) is 18.4 Å². The van der Waals surface area contributed by atoms with Crippen LogP contribution >= 0.6 is 0 Å². The second-order valence-electron chi connectivity index (χ2n) is 5.63. The van der Waals surface area contributed by atoms with Crippen LogP contribution in [0.2, 0.25) is 0 Å². The predicted molar refractivity (Wildman–Crippen MR) is 95.5 cm³/mol. The number of carbonyl (C=O) groups is 1. The van der Waals surface area contributed by atoms with Crippen molar-refractivity contribution in [2.45, 2.75) is 12.3 Å². The molecule has 0 saturated heterocycles. The topological polar surface area (TPSA) is 113 Å². The minimum atomic E-state index is -2.44. The van der Waals surface area contributed by atoms with Crippen LogP contribution in [0.25, 0.3) is 0 Å². The van der Waals surface area contributed by atoms with Crippen LogP contribution in [0, 0.1) is 23.0 Å². The highest BCUT2D eigenvalue weighted by Crippen LogP contribution is 2.30. The van der Waals surface area contributed by atoms with E-state index in [0.29, 0.717) is 6.07 Å². The standard InChI is InChI=1S/C18H15F4N5O2/c1-25-18(24)29-14(6-19)16(22)11-4-10(5-12(20)15(11)21)27-17(28)13-3-2-9(7-23)8-26-13/h2-5,8,14,16H,6H2,1H3,(H2,24,25)(H,27,28)/t14-,16-/m1/s1. The Morgan fingerprint density at radius 3 is 2.69 bits per heavy atom. The third-order valence-electron chi connectivity index (χ3n) is 3.71. The zero-order valence-electron chi connectivity index (χ0n) is 15.0. The molecule has 0 aliphatic heterocycles. The van der Waals surface area contributed by atoms with Crippen LogP contribution in [0.15, 0.2) is 35.5 Å². The van der Waals surface area contributed by atoms with E-state index < -0.39 is 48.1 Å². The van der Waals surface area contributed by atoms with Crippen molar-refractivity contribution in [1.29, 1.82) is 5.26 Å². The Labute approximate surface area is 162 Å². The number of anilines is 1. The molecule has 29 heavy (non-hydrogen) atoms. The number of halogens is 4. The molecule has 2 aromatic rings. The number of amides is 1. The third-order valence-corrected chi connectivity index (χ3v) is 3.71. The number of amidine groups is 1. The van der Waals surface area contributed by atoms with Gasteiger partial charge in [-0.3, -0.25) is 4.79 Å². The molecule has 2 rings (SSSR count). The maximum Gasteiger partial charge on any atom is 0.282 e. The van der Waals surface area contributed by atoms with Crippen molar-refractivity contribution >= 4 is 17.6 Å². The summed E-state index contributed by atoms with van der Waals surface area (Å²) in [5, 5.41) is 10.9. The average molecular weight is 409 g/mol. The van der Waals surface area contributed by atoms with E-state index in [9.17, 15) is 22.4 Å². The molecule has 0 bridgehead atoms. The Morgan fingerprint density at radius 1 is 1.41 bits per heavy atom. The highest BCUT2D eigenvalue weighted by molar-refractivity contribution is 6.02. The minimum absolute atomic E-state index is 0.121. The average Bonchev–Trinajstić information content (AvgIpc) is 2.73.